The molecule has 1 heterocycles. The van der Waals surface area contributed by atoms with Gasteiger partial charge in [-0.3, -0.25) is 4.79 Å². The first-order valence-electron chi connectivity index (χ1n) is 3.36. The van der Waals surface area contributed by atoms with Gasteiger partial charge < -0.3 is 10.1 Å². The maximum absolute atomic E-state index is 10.9. The Labute approximate surface area is 72.2 Å². The summed E-state index contributed by atoms with van der Waals surface area (Å²) in [5, 5.41) is 8.59. The summed E-state index contributed by atoms with van der Waals surface area (Å²) >= 11 is 0. The standard InChI is InChI=1S/C7H6N2O4/c1-3(10)5-4(6(11)12)2-8-7(13)9-5/h2H,1H3,(H,11,12)(H,8,9,13). The number of carboxylic acid groups (broad SMARTS) is 1. The molecule has 0 atom stereocenters. The minimum atomic E-state index is -1.30. The third-order valence-corrected chi connectivity index (χ3v) is 1.39. The van der Waals surface area contributed by atoms with Gasteiger partial charge in [-0.1, -0.05) is 0 Å². The zero-order valence-corrected chi connectivity index (χ0v) is 6.70. The summed E-state index contributed by atoms with van der Waals surface area (Å²) in [5.74, 6) is -1.81. The van der Waals surface area contributed by atoms with Crippen LogP contribution in [0.1, 0.15) is 27.8 Å². The van der Waals surface area contributed by atoms with Crippen molar-refractivity contribution in [2.75, 3.05) is 0 Å². The quantitative estimate of drug-likeness (QED) is 0.610. The first kappa shape index (κ1) is 9.11. The van der Waals surface area contributed by atoms with E-state index in [1.165, 1.54) is 0 Å². The lowest BCUT2D eigenvalue weighted by Crippen LogP contribution is -2.19. The van der Waals surface area contributed by atoms with Crippen LogP contribution in [0.2, 0.25) is 0 Å². The number of Topliss-reactive ketones (excluding diaryl/α,β-unsaturated/α-hetero) is 1. The van der Waals surface area contributed by atoms with E-state index in [1.807, 2.05) is 0 Å². The summed E-state index contributed by atoms with van der Waals surface area (Å²) in [4.78, 5) is 37.3. The van der Waals surface area contributed by atoms with Crippen LogP contribution in [0.15, 0.2) is 11.0 Å². The normalized spacial score (nSPS) is 9.62. The number of carbonyl (C=O) groups excluding carboxylic acids is 1. The third kappa shape index (κ3) is 1.78. The molecule has 1 aromatic rings. The number of aromatic amines is 1. The van der Waals surface area contributed by atoms with Crippen molar-refractivity contribution in [3.05, 3.63) is 27.9 Å². The first-order chi connectivity index (χ1) is 6.02. The van der Waals surface area contributed by atoms with Gasteiger partial charge in [-0.05, 0) is 0 Å². The molecule has 13 heavy (non-hydrogen) atoms. The number of carbonyl (C=O) groups is 2. The van der Waals surface area contributed by atoms with Crippen molar-refractivity contribution in [2.45, 2.75) is 6.92 Å². The zero-order valence-electron chi connectivity index (χ0n) is 6.70. The second-order valence-corrected chi connectivity index (χ2v) is 2.34. The number of hydrogen-bond donors (Lipinski definition) is 2. The van der Waals surface area contributed by atoms with Crippen molar-refractivity contribution < 1.29 is 14.7 Å². The Morgan fingerprint density at radius 3 is 2.62 bits per heavy atom. The Balaban J connectivity index is 3.44. The van der Waals surface area contributed by atoms with E-state index in [1.54, 1.807) is 0 Å². The van der Waals surface area contributed by atoms with Crippen LogP contribution in [-0.4, -0.2) is 26.8 Å². The Morgan fingerprint density at radius 1 is 1.54 bits per heavy atom. The van der Waals surface area contributed by atoms with Crippen molar-refractivity contribution >= 4 is 11.8 Å². The molecule has 2 N–H and O–H groups in total. The number of nitrogens with one attached hydrogen (secondary N) is 1. The molecule has 1 rings (SSSR count). The Hall–Kier alpha value is -1.98. The fourth-order valence-electron chi connectivity index (χ4n) is 0.834. The number of carboxylic acids is 1. The summed E-state index contributed by atoms with van der Waals surface area (Å²) in [6.45, 7) is 1.16. The number of nitrogens with zero attached hydrogens (tertiary/aromatic N) is 1. The summed E-state index contributed by atoms with van der Waals surface area (Å²) in [7, 11) is 0. The first-order valence-corrected chi connectivity index (χ1v) is 3.36. The zero-order chi connectivity index (χ0) is 10.0. The van der Waals surface area contributed by atoms with Crippen molar-refractivity contribution in [1.82, 2.24) is 9.97 Å². The van der Waals surface area contributed by atoms with E-state index < -0.39 is 17.4 Å². The van der Waals surface area contributed by atoms with Gasteiger partial charge in [0.05, 0.1) is 0 Å². The average Bonchev–Trinajstić information content (AvgIpc) is 2.03. The number of H-pyrrole nitrogens is 1. The van der Waals surface area contributed by atoms with Gasteiger partial charge in [0.2, 0.25) is 0 Å². The number of aromatic nitrogens is 2. The van der Waals surface area contributed by atoms with Crippen LogP contribution in [-0.2, 0) is 0 Å². The highest BCUT2D eigenvalue weighted by Crippen LogP contribution is 2.02. The molecule has 6 nitrogen and oxygen atoms in total. The highest BCUT2D eigenvalue weighted by atomic mass is 16.4. The molecule has 0 amide bonds. The van der Waals surface area contributed by atoms with Crippen LogP contribution >= 0.6 is 0 Å². The van der Waals surface area contributed by atoms with Crippen molar-refractivity contribution in [3.63, 3.8) is 0 Å². The molecule has 0 saturated heterocycles. The van der Waals surface area contributed by atoms with Crippen molar-refractivity contribution in [1.29, 1.82) is 0 Å². The van der Waals surface area contributed by atoms with Crippen LogP contribution < -0.4 is 5.69 Å². The van der Waals surface area contributed by atoms with E-state index in [9.17, 15) is 14.4 Å². The molecule has 0 aromatic carbocycles. The largest absolute Gasteiger partial charge is 0.478 e. The lowest BCUT2D eigenvalue weighted by Gasteiger charge is -1.98. The van der Waals surface area contributed by atoms with Gasteiger partial charge in [0.15, 0.2) is 5.78 Å². The van der Waals surface area contributed by atoms with Crippen molar-refractivity contribution in [2.24, 2.45) is 0 Å². The molecule has 1 aromatic heterocycles. The number of rotatable bonds is 2. The summed E-state index contributed by atoms with van der Waals surface area (Å²) in [6, 6.07) is 0. The van der Waals surface area contributed by atoms with Gasteiger partial charge in [0.1, 0.15) is 11.3 Å². The Kier molecular flexibility index (Phi) is 2.23. The average molecular weight is 182 g/mol. The van der Waals surface area contributed by atoms with Gasteiger partial charge in [-0.25, -0.2) is 14.6 Å². The topological polar surface area (TPSA) is 100 Å². The highest BCUT2D eigenvalue weighted by molar-refractivity contribution is 6.02. The maximum Gasteiger partial charge on any atom is 0.345 e. The van der Waals surface area contributed by atoms with E-state index in [4.69, 9.17) is 5.11 Å². The smallest absolute Gasteiger partial charge is 0.345 e. The minimum absolute atomic E-state index is 0.229. The summed E-state index contributed by atoms with van der Waals surface area (Å²) in [5.41, 5.74) is -1.27. The molecule has 68 valence electrons. The molecule has 0 fully saturated rings. The monoisotopic (exact) mass is 182 g/mol. The van der Waals surface area contributed by atoms with Gasteiger partial charge in [-0.15, -0.1) is 0 Å². The second-order valence-electron chi connectivity index (χ2n) is 2.34. The summed E-state index contributed by atoms with van der Waals surface area (Å²) < 4.78 is 0. The number of ketones is 1. The molecule has 0 unspecified atom stereocenters. The fourth-order valence-corrected chi connectivity index (χ4v) is 0.834. The van der Waals surface area contributed by atoms with Crippen LogP contribution in [0.5, 0.6) is 0 Å². The van der Waals surface area contributed by atoms with Crippen LogP contribution in [0.4, 0.5) is 0 Å². The maximum atomic E-state index is 10.9. The Bertz CT molecular complexity index is 421. The lowest BCUT2D eigenvalue weighted by atomic mass is 10.2. The van der Waals surface area contributed by atoms with Crippen LogP contribution in [0, 0.1) is 0 Å². The fraction of sp³-hybridized carbons (Fsp3) is 0.143. The third-order valence-electron chi connectivity index (χ3n) is 1.39. The minimum Gasteiger partial charge on any atom is -0.478 e. The van der Waals surface area contributed by atoms with Crippen LogP contribution in [0.3, 0.4) is 0 Å². The molecule has 0 bridgehead atoms. The van der Waals surface area contributed by atoms with E-state index in [0.29, 0.717) is 0 Å². The molecular weight excluding hydrogens is 176 g/mol. The highest BCUT2D eigenvalue weighted by Gasteiger charge is 2.14. The second kappa shape index (κ2) is 3.18. The molecule has 0 aliphatic rings. The van der Waals surface area contributed by atoms with E-state index >= 15 is 0 Å². The van der Waals surface area contributed by atoms with Gasteiger partial charge >= 0.3 is 11.7 Å². The predicted molar refractivity (Wildman–Crippen MR) is 41.8 cm³/mol. The van der Waals surface area contributed by atoms with E-state index in [0.717, 1.165) is 13.1 Å². The molecular formula is C7H6N2O4. The van der Waals surface area contributed by atoms with E-state index in [-0.39, 0.29) is 11.3 Å². The molecule has 0 radical (unpaired) electrons. The SMILES string of the molecule is CC(=O)c1[nH]c(=O)ncc1C(=O)O. The molecule has 0 spiro atoms. The molecule has 0 saturated carbocycles. The Morgan fingerprint density at radius 2 is 2.15 bits per heavy atom. The van der Waals surface area contributed by atoms with Gasteiger partial charge in [0.25, 0.3) is 0 Å². The predicted octanol–water partition coefficient (Wildman–Crippen LogP) is -0.329. The molecule has 0 aliphatic carbocycles. The van der Waals surface area contributed by atoms with E-state index in [2.05, 4.69) is 9.97 Å². The van der Waals surface area contributed by atoms with Gasteiger partial charge in [0, 0.05) is 13.1 Å². The van der Waals surface area contributed by atoms with Crippen molar-refractivity contribution in [3.8, 4) is 0 Å². The molecule has 0 aliphatic heterocycles. The van der Waals surface area contributed by atoms with Crippen LogP contribution in [0.25, 0.3) is 0 Å². The molecule has 6 heteroatoms. The lowest BCUT2D eigenvalue weighted by molar-refractivity contribution is 0.0691. The summed E-state index contributed by atoms with van der Waals surface area (Å²) in [6.07, 6.45) is 0.859. The number of aromatic carboxylic acids is 1. The van der Waals surface area contributed by atoms with Gasteiger partial charge in [-0.2, -0.15) is 0 Å². The number of hydrogen-bond acceptors (Lipinski definition) is 4.